The van der Waals surface area contributed by atoms with E-state index in [0.29, 0.717) is 12.0 Å². The summed E-state index contributed by atoms with van der Waals surface area (Å²) in [5.41, 5.74) is 2.29. The molecule has 1 N–H and O–H groups in total. The molecule has 2 aromatic heterocycles. The van der Waals surface area contributed by atoms with Crippen LogP contribution >= 0.6 is 24.0 Å². The number of halogens is 1. The molecule has 0 spiro atoms. The number of rotatable bonds is 5. The summed E-state index contributed by atoms with van der Waals surface area (Å²) in [4.78, 5) is 11.1. The second kappa shape index (κ2) is 10.6. The van der Waals surface area contributed by atoms with E-state index in [2.05, 4.69) is 61.3 Å². The summed E-state index contributed by atoms with van der Waals surface area (Å²) >= 11 is 0. The first-order valence-electron chi connectivity index (χ1n) is 10.3. The number of guanidine groups is 1. The van der Waals surface area contributed by atoms with E-state index in [1.165, 1.54) is 5.56 Å². The van der Waals surface area contributed by atoms with Gasteiger partial charge in [0.05, 0.1) is 24.3 Å². The normalized spacial score (nSPS) is 19.4. The molecule has 1 fully saturated rings. The van der Waals surface area contributed by atoms with E-state index in [0.717, 1.165) is 44.1 Å². The second-order valence-electron chi connectivity index (χ2n) is 7.64. The molecule has 30 heavy (non-hydrogen) atoms. The summed E-state index contributed by atoms with van der Waals surface area (Å²) < 4.78 is 4.15. The Hall–Kier alpha value is -2.36. The number of aliphatic imine (C=N–C) groups is 1. The van der Waals surface area contributed by atoms with Gasteiger partial charge >= 0.3 is 0 Å². The number of hydrogen-bond acceptors (Lipinski definition) is 3. The fourth-order valence-electron chi connectivity index (χ4n) is 3.96. The van der Waals surface area contributed by atoms with Crippen LogP contribution in [0.3, 0.4) is 0 Å². The molecule has 0 bridgehead atoms. The molecule has 160 valence electrons. The topological polar surface area (TPSA) is 63.3 Å². The van der Waals surface area contributed by atoms with Crippen LogP contribution in [-0.2, 0) is 6.42 Å². The van der Waals surface area contributed by atoms with Crippen LogP contribution in [0.1, 0.15) is 24.9 Å². The van der Waals surface area contributed by atoms with E-state index in [9.17, 15) is 0 Å². The largest absolute Gasteiger partial charge is 0.356 e. The number of nitrogens with one attached hydrogen (secondary N) is 1. The standard InChI is InChI=1S/C22H29N7.HI/c1-18-9-12-27(16-21(18)28-13-11-24-17-28)22(23-2)25-10-8-19-14-26-29(15-19)20-6-4-3-5-7-20;/h3-7,11,13-15,17-18,21H,8-10,12,16H2,1-2H3,(H,23,25);1H. The van der Waals surface area contributed by atoms with Gasteiger partial charge in [0.25, 0.3) is 0 Å². The van der Waals surface area contributed by atoms with Gasteiger partial charge in [0.1, 0.15) is 0 Å². The summed E-state index contributed by atoms with van der Waals surface area (Å²) in [6.45, 7) is 5.12. The predicted molar refractivity (Wildman–Crippen MR) is 131 cm³/mol. The fraction of sp³-hybridized carbons (Fsp3) is 0.409. The van der Waals surface area contributed by atoms with E-state index in [1.54, 1.807) is 0 Å². The SMILES string of the molecule is CN=C(NCCc1cnn(-c2ccccc2)c1)N1CCC(C)C(n2ccnc2)C1.I. The van der Waals surface area contributed by atoms with Crippen molar-refractivity contribution in [1.29, 1.82) is 0 Å². The van der Waals surface area contributed by atoms with Crippen LogP contribution in [0.15, 0.2) is 66.4 Å². The lowest BCUT2D eigenvalue weighted by Crippen LogP contribution is -2.49. The Balaban J connectivity index is 0.00000256. The van der Waals surface area contributed by atoms with Gasteiger partial charge in [-0.25, -0.2) is 9.67 Å². The lowest BCUT2D eigenvalue weighted by Gasteiger charge is -2.39. The minimum absolute atomic E-state index is 0. The Morgan fingerprint density at radius 3 is 2.83 bits per heavy atom. The van der Waals surface area contributed by atoms with E-state index in [4.69, 9.17) is 0 Å². The zero-order valence-corrected chi connectivity index (χ0v) is 19.9. The minimum atomic E-state index is 0. The Morgan fingerprint density at radius 1 is 1.27 bits per heavy atom. The number of para-hydroxylation sites is 1. The Labute approximate surface area is 195 Å². The third kappa shape index (κ3) is 5.21. The van der Waals surface area contributed by atoms with Crippen molar-refractivity contribution in [3.63, 3.8) is 0 Å². The number of aromatic nitrogens is 4. The van der Waals surface area contributed by atoms with Gasteiger partial charge in [0.2, 0.25) is 0 Å². The van der Waals surface area contributed by atoms with Crippen molar-refractivity contribution in [2.24, 2.45) is 10.9 Å². The third-order valence-corrected chi connectivity index (χ3v) is 5.69. The Bertz CT molecular complexity index is 920. The first-order valence-corrected chi connectivity index (χ1v) is 10.3. The summed E-state index contributed by atoms with van der Waals surface area (Å²) in [5.74, 6) is 1.60. The van der Waals surface area contributed by atoms with E-state index < -0.39 is 0 Å². The number of hydrogen-bond donors (Lipinski definition) is 1. The van der Waals surface area contributed by atoms with Crippen LogP contribution in [0.25, 0.3) is 5.69 Å². The van der Waals surface area contributed by atoms with Gasteiger partial charge in [0, 0.05) is 45.3 Å². The zero-order chi connectivity index (χ0) is 20.1. The van der Waals surface area contributed by atoms with Crippen molar-refractivity contribution in [3.05, 3.63) is 67.0 Å². The Kier molecular flexibility index (Phi) is 7.89. The van der Waals surface area contributed by atoms with Gasteiger partial charge in [0.15, 0.2) is 5.96 Å². The van der Waals surface area contributed by atoms with Crippen molar-refractivity contribution < 1.29 is 0 Å². The highest BCUT2D eigenvalue weighted by atomic mass is 127. The number of likely N-dealkylation sites (tertiary alicyclic amines) is 1. The highest BCUT2D eigenvalue weighted by Crippen LogP contribution is 2.27. The summed E-state index contributed by atoms with van der Waals surface area (Å²) in [7, 11) is 1.86. The number of imidazole rings is 1. The molecule has 4 rings (SSSR count). The number of benzene rings is 1. The number of piperidine rings is 1. The molecular formula is C22H30IN7. The third-order valence-electron chi connectivity index (χ3n) is 5.69. The minimum Gasteiger partial charge on any atom is -0.356 e. The highest BCUT2D eigenvalue weighted by molar-refractivity contribution is 14.0. The van der Waals surface area contributed by atoms with Crippen LogP contribution in [0.4, 0.5) is 0 Å². The molecule has 0 aliphatic carbocycles. The van der Waals surface area contributed by atoms with Crippen molar-refractivity contribution >= 4 is 29.9 Å². The van der Waals surface area contributed by atoms with E-state index >= 15 is 0 Å². The van der Waals surface area contributed by atoms with Crippen LogP contribution < -0.4 is 5.32 Å². The predicted octanol–water partition coefficient (Wildman–Crippen LogP) is 3.39. The first kappa shape index (κ1) is 22.3. The quantitative estimate of drug-likeness (QED) is 0.319. The smallest absolute Gasteiger partial charge is 0.193 e. The van der Waals surface area contributed by atoms with Crippen LogP contribution in [0.2, 0.25) is 0 Å². The van der Waals surface area contributed by atoms with Gasteiger partial charge in [-0.05, 0) is 36.5 Å². The highest BCUT2D eigenvalue weighted by Gasteiger charge is 2.28. The second-order valence-corrected chi connectivity index (χ2v) is 7.64. The lowest BCUT2D eigenvalue weighted by atomic mass is 9.93. The van der Waals surface area contributed by atoms with Crippen molar-refractivity contribution in [1.82, 2.24) is 29.5 Å². The van der Waals surface area contributed by atoms with Crippen LogP contribution in [0, 0.1) is 5.92 Å². The van der Waals surface area contributed by atoms with Crippen molar-refractivity contribution in [3.8, 4) is 5.69 Å². The molecule has 1 aliphatic heterocycles. The van der Waals surface area contributed by atoms with Crippen molar-refractivity contribution in [2.45, 2.75) is 25.8 Å². The maximum Gasteiger partial charge on any atom is 0.193 e. The average molecular weight is 519 g/mol. The van der Waals surface area contributed by atoms with Gasteiger partial charge < -0.3 is 14.8 Å². The molecule has 7 nitrogen and oxygen atoms in total. The van der Waals surface area contributed by atoms with Gasteiger partial charge in [-0.15, -0.1) is 24.0 Å². The maximum atomic E-state index is 4.52. The molecule has 0 amide bonds. The van der Waals surface area contributed by atoms with E-state index in [-0.39, 0.29) is 24.0 Å². The molecule has 3 heterocycles. The molecule has 0 saturated carbocycles. The fourth-order valence-corrected chi connectivity index (χ4v) is 3.96. The zero-order valence-electron chi connectivity index (χ0n) is 17.6. The molecule has 1 saturated heterocycles. The molecule has 1 aromatic carbocycles. The van der Waals surface area contributed by atoms with E-state index in [1.807, 2.05) is 48.6 Å². The summed E-state index contributed by atoms with van der Waals surface area (Å²) in [6, 6.07) is 10.6. The van der Waals surface area contributed by atoms with Crippen LogP contribution in [-0.4, -0.2) is 56.9 Å². The molecule has 8 heteroatoms. The molecule has 1 aliphatic rings. The van der Waals surface area contributed by atoms with Gasteiger partial charge in [-0.1, -0.05) is 25.1 Å². The van der Waals surface area contributed by atoms with Crippen LogP contribution in [0.5, 0.6) is 0 Å². The molecule has 3 aromatic rings. The van der Waals surface area contributed by atoms with Gasteiger partial charge in [-0.3, -0.25) is 4.99 Å². The molecule has 2 unspecified atom stereocenters. The molecule has 0 radical (unpaired) electrons. The van der Waals surface area contributed by atoms with Crippen molar-refractivity contribution in [2.75, 3.05) is 26.7 Å². The first-order chi connectivity index (χ1) is 14.2. The summed E-state index contributed by atoms with van der Waals surface area (Å²) in [6.07, 6.45) is 11.9. The average Bonchev–Trinajstić information content (AvgIpc) is 3.45. The maximum absolute atomic E-state index is 4.52. The number of nitrogens with zero attached hydrogens (tertiary/aromatic N) is 6. The summed E-state index contributed by atoms with van der Waals surface area (Å²) in [5, 5.41) is 8.01. The monoisotopic (exact) mass is 519 g/mol. The molecular weight excluding hydrogens is 489 g/mol. The van der Waals surface area contributed by atoms with Gasteiger partial charge in [-0.2, -0.15) is 5.10 Å². The molecule has 2 atom stereocenters. The lowest BCUT2D eigenvalue weighted by molar-refractivity contribution is 0.189. The Morgan fingerprint density at radius 2 is 2.10 bits per heavy atom.